The van der Waals surface area contributed by atoms with E-state index in [1.165, 1.54) is 38.5 Å². The van der Waals surface area contributed by atoms with Gasteiger partial charge in [-0.2, -0.15) is 0 Å². The highest BCUT2D eigenvalue weighted by atomic mass is 16.5. The van der Waals surface area contributed by atoms with Gasteiger partial charge in [0.1, 0.15) is 0 Å². The van der Waals surface area contributed by atoms with Crippen LogP contribution in [0.3, 0.4) is 0 Å². The molecule has 0 N–H and O–H groups in total. The minimum absolute atomic E-state index is 0.577. The zero-order valence-corrected chi connectivity index (χ0v) is 9.00. The summed E-state index contributed by atoms with van der Waals surface area (Å²) in [6.07, 6.45) is 8.22. The Morgan fingerprint density at radius 2 is 2.00 bits per heavy atom. The number of carbonyl (C=O) groups excluding carboxylic acids is 1. The quantitative estimate of drug-likeness (QED) is 0.649. The van der Waals surface area contributed by atoms with E-state index >= 15 is 0 Å². The van der Waals surface area contributed by atoms with Crippen LogP contribution >= 0.6 is 0 Å². The minimum atomic E-state index is 0.577. The van der Waals surface area contributed by atoms with Crippen molar-refractivity contribution in [3.05, 3.63) is 0 Å². The fraction of sp³-hybridized carbons (Fsp3) is 0.917. The molecule has 2 rings (SSSR count). The van der Waals surface area contributed by atoms with E-state index in [4.69, 9.17) is 4.74 Å². The lowest BCUT2D eigenvalue weighted by Gasteiger charge is -2.51. The van der Waals surface area contributed by atoms with Crippen LogP contribution in [0, 0.1) is 17.3 Å². The van der Waals surface area contributed by atoms with Crippen molar-refractivity contribution in [3.63, 3.8) is 0 Å². The second-order valence-electron chi connectivity index (χ2n) is 5.39. The molecule has 2 heteroatoms. The van der Waals surface area contributed by atoms with Gasteiger partial charge in [-0.25, -0.2) is 0 Å². The Labute approximate surface area is 86.0 Å². The van der Waals surface area contributed by atoms with Crippen molar-refractivity contribution >= 4 is 6.47 Å². The van der Waals surface area contributed by atoms with Gasteiger partial charge in [-0.05, 0) is 42.9 Å². The lowest BCUT2D eigenvalue weighted by molar-refractivity contribution is -0.133. The van der Waals surface area contributed by atoms with Gasteiger partial charge in [0.25, 0.3) is 6.47 Å². The third-order valence-corrected chi connectivity index (χ3v) is 4.18. The van der Waals surface area contributed by atoms with E-state index in [1.54, 1.807) is 0 Å². The van der Waals surface area contributed by atoms with Crippen LogP contribution in [0.25, 0.3) is 0 Å². The van der Waals surface area contributed by atoms with Gasteiger partial charge in [-0.15, -0.1) is 0 Å². The molecule has 0 saturated heterocycles. The van der Waals surface area contributed by atoms with E-state index in [-0.39, 0.29) is 0 Å². The molecule has 2 aliphatic carbocycles. The van der Waals surface area contributed by atoms with Crippen molar-refractivity contribution in [2.45, 2.75) is 45.4 Å². The van der Waals surface area contributed by atoms with Crippen molar-refractivity contribution in [2.75, 3.05) is 6.61 Å². The molecule has 0 unspecified atom stereocenters. The molecule has 0 aromatic rings. The molecule has 0 aromatic carbocycles. The lowest BCUT2D eigenvalue weighted by Crippen LogP contribution is -2.41. The summed E-state index contributed by atoms with van der Waals surface area (Å²) < 4.78 is 4.81. The summed E-state index contributed by atoms with van der Waals surface area (Å²) >= 11 is 0. The molecule has 1 spiro atoms. The molecule has 0 amide bonds. The Bertz CT molecular complexity index is 196. The normalized spacial score (nSPS) is 41.8. The van der Waals surface area contributed by atoms with Gasteiger partial charge in [0.05, 0.1) is 6.61 Å². The lowest BCUT2D eigenvalue weighted by atomic mass is 9.55. The Balaban J connectivity index is 1.72. The standard InChI is InChI=1S/C12H20O2/c1-10-2-4-12(5-3-10)6-11(7-12)8-14-9-13/h9-11H,2-8H2,1H3. The second-order valence-corrected chi connectivity index (χ2v) is 5.39. The predicted octanol–water partition coefficient (Wildman–Crippen LogP) is 2.77. The third kappa shape index (κ3) is 1.94. The number of rotatable bonds is 3. The highest BCUT2D eigenvalue weighted by Gasteiger charge is 2.45. The van der Waals surface area contributed by atoms with E-state index in [0.717, 1.165) is 5.92 Å². The van der Waals surface area contributed by atoms with Crippen LogP contribution in [0.1, 0.15) is 45.4 Å². The van der Waals surface area contributed by atoms with Gasteiger partial charge in [-0.1, -0.05) is 19.8 Å². The maximum atomic E-state index is 10.0. The predicted molar refractivity (Wildman–Crippen MR) is 54.8 cm³/mol. The molecule has 0 aromatic heterocycles. The molecule has 2 fully saturated rings. The van der Waals surface area contributed by atoms with Gasteiger partial charge in [0.15, 0.2) is 0 Å². The monoisotopic (exact) mass is 196 g/mol. The average molecular weight is 196 g/mol. The van der Waals surface area contributed by atoms with Crippen LogP contribution in [0.15, 0.2) is 0 Å². The Morgan fingerprint density at radius 1 is 1.36 bits per heavy atom. The minimum Gasteiger partial charge on any atom is -0.468 e. The molecule has 2 nitrogen and oxygen atoms in total. The van der Waals surface area contributed by atoms with E-state index in [9.17, 15) is 4.79 Å². The van der Waals surface area contributed by atoms with Crippen LogP contribution in [0.4, 0.5) is 0 Å². The molecule has 14 heavy (non-hydrogen) atoms. The summed E-state index contributed by atoms with van der Waals surface area (Å²) in [5.41, 5.74) is 0.656. The van der Waals surface area contributed by atoms with Crippen LogP contribution in [0.5, 0.6) is 0 Å². The SMILES string of the molecule is CC1CCC2(CC1)CC(COC=O)C2. The van der Waals surface area contributed by atoms with E-state index in [0.29, 0.717) is 24.4 Å². The molecular formula is C12H20O2. The topological polar surface area (TPSA) is 26.3 Å². The van der Waals surface area contributed by atoms with Gasteiger partial charge >= 0.3 is 0 Å². The molecule has 2 aliphatic rings. The van der Waals surface area contributed by atoms with Crippen LogP contribution in [-0.2, 0) is 9.53 Å². The first kappa shape index (κ1) is 10.0. The molecule has 80 valence electrons. The smallest absolute Gasteiger partial charge is 0.293 e. The molecule has 0 radical (unpaired) electrons. The maximum Gasteiger partial charge on any atom is 0.293 e. The first-order valence-corrected chi connectivity index (χ1v) is 5.79. The van der Waals surface area contributed by atoms with Gasteiger partial charge in [0, 0.05) is 0 Å². The van der Waals surface area contributed by atoms with Crippen LogP contribution in [-0.4, -0.2) is 13.1 Å². The summed E-state index contributed by atoms with van der Waals surface area (Å²) in [5, 5.41) is 0. The summed E-state index contributed by atoms with van der Waals surface area (Å²) in [6.45, 7) is 3.59. The first-order valence-electron chi connectivity index (χ1n) is 5.79. The molecule has 0 atom stereocenters. The van der Waals surface area contributed by atoms with Crippen molar-refractivity contribution in [3.8, 4) is 0 Å². The number of ether oxygens (including phenoxy) is 1. The van der Waals surface area contributed by atoms with Crippen molar-refractivity contribution in [2.24, 2.45) is 17.3 Å². The van der Waals surface area contributed by atoms with E-state index < -0.39 is 0 Å². The van der Waals surface area contributed by atoms with E-state index in [1.807, 2.05) is 0 Å². The highest BCUT2D eigenvalue weighted by Crippen LogP contribution is 2.55. The second kappa shape index (κ2) is 3.92. The molecule has 2 saturated carbocycles. The number of carbonyl (C=O) groups is 1. The first-order chi connectivity index (χ1) is 6.74. The van der Waals surface area contributed by atoms with Gasteiger partial charge in [-0.3, -0.25) is 4.79 Å². The Hall–Kier alpha value is -0.530. The zero-order chi connectivity index (χ0) is 10.0. The van der Waals surface area contributed by atoms with Crippen molar-refractivity contribution < 1.29 is 9.53 Å². The Morgan fingerprint density at radius 3 is 2.57 bits per heavy atom. The molecule has 0 heterocycles. The maximum absolute atomic E-state index is 10.0. The molecule has 0 aliphatic heterocycles. The molecular weight excluding hydrogens is 176 g/mol. The fourth-order valence-electron chi connectivity index (χ4n) is 3.24. The van der Waals surface area contributed by atoms with Crippen LogP contribution in [0.2, 0.25) is 0 Å². The van der Waals surface area contributed by atoms with Crippen molar-refractivity contribution in [1.82, 2.24) is 0 Å². The molecule has 0 bridgehead atoms. The Kier molecular flexibility index (Phi) is 2.80. The average Bonchev–Trinajstić information content (AvgIpc) is 2.14. The van der Waals surface area contributed by atoms with E-state index in [2.05, 4.69) is 6.92 Å². The van der Waals surface area contributed by atoms with Gasteiger partial charge < -0.3 is 4.74 Å². The summed E-state index contributed by atoms with van der Waals surface area (Å²) in [5.74, 6) is 1.60. The number of hydrogen-bond acceptors (Lipinski definition) is 2. The largest absolute Gasteiger partial charge is 0.468 e. The summed E-state index contributed by atoms with van der Waals surface area (Å²) in [7, 11) is 0. The summed E-state index contributed by atoms with van der Waals surface area (Å²) in [4.78, 5) is 10.0. The van der Waals surface area contributed by atoms with Crippen LogP contribution < -0.4 is 0 Å². The van der Waals surface area contributed by atoms with Crippen molar-refractivity contribution in [1.29, 1.82) is 0 Å². The number of hydrogen-bond donors (Lipinski definition) is 0. The fourth-order valence-corrected chi connectivity index (χ4v) is 3.24. The zero-order valence-electron chi connectivity index (χ0n) is 9.00. The summed E-state index contributed by atoms with van der Waals surface area (Å²) in [6, 6.07) is 0. The highest BCUT2D eigenvalue weighted by molar-refractivity contribution is 5.36. The van der Waals surface area contributed by atoms with Gasteiger partial charge in [0.2, 0.25) is 0 Å². The third-order valence-electron chi connectivity index (χ3n) is 4.18.